The van der Waals surface area contributed by atoms with Gasteiger partial charge < -0.3 is 15.0 Å². The number of hydrogen-bond donors (Lipinski definition) is 1. The fourth-order valence-electron chi connectivity index (χ4n) is 2.22. The van der Waals surface area contributed by atoms with Crippen molar-refractivity contribution in [3.8, 4) is 0 Å². The minimum Gasteiger partial charge on any atom is -0.376 e. The second-order valence-electron chi connectivity index (χ2n) is 4.37. The number of rotatable bonds is 2. The van der Waals surface area contributed by atoms with Crippen molar-refractivity contribution in [3.63, 3.8) is 0 Å². The topological polar surface area (TPSA) is 41.6 Å². The Hall–Kier alpha value is -0.770. The van der Waals surface area contributed by atoms with Crippen molar-refractivity contribution < 1.29 is 9.53 Å². The van der Waals surface area contributed by atoms with Crippen molar-refractivity contribution in [2.75, 3.05) is 26.2 Å². The summed E-state index contributed by atoms with van der Waals surface area (Å²) < 4.78 is 5.46. The molecule has 1 N–H and O–H groups in total. The van der Waals surface area contributed by atoms with Crippen LogP contribution < -0.4 is 5.32 Å². The molecule has 0 aromatic rings. The summed E-state index contributed by atoms with van der Waals surface area (Å²) in [5, 5.41) is 2.96. The number of piperidine rings is 1. The Morgan fingerprint density at radius 1 is 1.27 bits per heavy atom. The van der Waals surface area contributed by atoms with Gasteiger partial charge in [-0.15, -0.1) is 0 Å². The first kappa shape index (κ1) is 10.7. The quantitative estimate of drug-likeness (QED) is 0.751. The Morgan fingerprint density at radius 3 is 2.73 bits per heavy atom. The Labute approximate surface area is 91.0 Å². The molecule has 2 saturated heterocycles. The van der Waals surface area contributed by atoms with E-state index in [1.54, 1.807) is 0 Å². The van der Waals surface area contributed by atoms with E-state index in [2.05, 4.69) is 5.32 Å². The summed E-state index contributed by atoms with van der Waals surface area (Å²) in [6.45, 7) is 3.36. The molecule has 0 aromatic carbocycles. The molecule has 2 heterocycles. The third-order valence-electron chi connectivity index (χ3n) is 3.15. The van der Waals surface area contributed by atoms with Crippen LogP contribution in [0.15, 0.2) is 0 Å². The third-order valence-corrected chi connectivity index (χ3v) is 3.15. The van der Waals surface area contributed by atoms with Crippen molar-refractivity contribution in [2.24, 2.45) is 0 Å². The lowest BCUT2D eigenvalue weighted by Crippen LogP contribution is -2.44. The number of nitrogens with one attached hydrogen (secondary N) is 1. The van der Waals surface area contributed by atoms with Gasteiger partial charge in [-0.2, -0.15) is 0 Å². The second-order valence-corrected chi connectivity index (χ2v) is 4.37. The van der Waals surface area contributed by atoms with Gasteiger partial charge in [0.05, 0.1) is 6.10 Å². The van der Waals surface area contributed by atoms with Crippen molar-refractivity contribution in [1.29, 1.82) is 0 Å². The smallest absolute Gasteiger partial charge is 0.317 e. The van der Waals surface area contributed by atoms with Gasteiger partial charge in [0.15, 0.2) is 0 Å². The number of likely N-dealkylation sites (tertiary alicyclic amines) is 1. The van der Waals surface area contributed by atoms with E-state index < -0.39 is 0 Å². The molecule has 1 atom stereocenters. The van der Waals surface area contributed by atoms with Crippen LogP contribution in [0.1, 0.15) is 32.1 Å². The number of carbonyl (C=O) groups excluding carboxylic acids is 1. The lowest BCUT2D eigenvalue weighted by molar-refractivity contribution is 0.108. The predicted molar refractivity (Wildman–Crippen MR) is 57.8 cm³/mol. The van der Waals surface area contributed by atoms with Gasteiger partial charge in [-0.05, 0) is 32.1 Å². The van der Waals surface area contributed by atoms with Crippen LogP contribution in [0.4, 0.5) is 4.79 Å². The van der Waals surface area contributed by atoms with Gasteiger partial charge in [0.25, 0.3) is 0 Å². The van der Waals surface area contributed by atoms with E-state index in [0.717, 1.165) is 45.4 Å². The first-order valence-electron chi connectivity index (χ1n) is 6.00. The van der Waals surface area contributed by atoms with Crippen LogP contribution in [0.5, 0.6) is 0 Å². The minimum absolute atomic E-state index is 0.0881. The van der Waals surface area contributed by atoms with Gasteiger partial charge in [0.2, 0.25) is 0 Å². The zero-order valence-corrected chi connectivity index (χ0v) is 9.21. The van der Waals surface area contributed by atoms with E-state index in [-0.39, 0.29) is 12.1 Å². The van der Waals surface area contributed by atoms with Gasteiger partial charge in [0, 0.05) is 26.2 Å². The van der Waals surface area contributed by atoms with Crippen LogP contribution in [-0.4, -0.2) is 43.3 Å². The average molecular weight is 212 g/mol. The number of ether oxygens (including phenoxy) is 1. The van der Waals surface area contributed by atoms with E-state index in [9.17, 15) is 4.79 Å². The zero-order valence-electron chi connectivity index (χ0n) is 9.21. The predicted octanol–water partition coefficient (Wildman–Crippen LogP) is 1.36. The third kappa shape index (κ3) is 3.09. The summed E-state index contributed by atoms with van der Waals surface area (Å²) in [6.07, 6.45) is 6.01. The molecule has 15 heavy (non-hydrogen) atoms. The fourth-order valence-corrected chi connectivity index (χ4v) is 2.22. The highest BCUT2D eigenvalue weighted by Crippen LogP contribution is 2.11. The standard InChI is InChI=1S/C11H20N2O2/c14-11(13-6-2-1-3-7-13)12-9-10-5-4-8-15-10/h10H,1-9H2,(H,12,14). The van der Waals surface area contributed by atoms with Crippen LogP contribution in [0, 0.1) is 0 Å². The molecule has 2 fully saturated rings. The molecular formula is C11H20N2O2. The van der Waals surface area contributed by atoms with E-state index in [1.165, 1.54) is 6.42 Å². The molecule has 0 saturated carbocycles. The molecule has 4 heteroatoms. The number of carbonyl (C=O) groups is 1. The summed E-state index contributed by atoms with van der Waals surface area (Å²) >= 11 is 0. The van der Waals surface area contributed by atoms with E-state index in [4.69, 9.17) is 4.74 Å². The summed E-state index contributed by atoms with van der Waals surface area (Å²) in [5.74, 6) is 0. The van der Waals surface area contributed by atoms with Crippen LogP contribution in [-0.2, 0) is 4.74 Å². The lowest BCUT2D eigenvalue weighted by Gasteiger charge is -2.27. The molecular weight excluding hydrogens is 192 g/mol. The highest BCUT2D eigenvalue weighted by atomic mass is 16.5. The molecule has 0 aromatic heterocycles. The number of hydrogen-bond acceptors (Lipinski definition) is 2. The van der Waals surface area contributed by atoms with Crippen LogP contribution in [0.2, 0.25) is 0 Å². The Bertz CT molecular complexity index is 209. The lowest BCUT2D eigenvalue weighted by atomic mass is 10.1. The molecule has 0 aliphatic carbocycles. The van der Waals surface area contributed by atoms with Crippen molar-refractivity contribution in [1.82, 2.24) is 10.2 Å². The van der Waals surface area contributed by atoms with Gasteiger partial charge in [-0.1, -0.05) is 0 Å². The number of amides is 2. The van der Waals surface area contributed by atoms with Crippen molar-refractivity contribution >= 4 is 6.03 Å². The van der Waals surface area contributed by atoms with Crippen LogP contribution in [0.3, 0.4) is 0 Å². The Kier molecular flexibility index (Phi) is 3.83. The van der Waals surface area contributed by atoms with E-state index >= 15 is 0 Å². The second kappa shape index (κ2) is 5.35. The highest BCUT2D eigenvalue weighted by molar-refractivity contribution is 5.74. The molecule has 0 bridgehead atoms. The monoisotopic (exact) mass is 212 g/mol. The van der Waals surface area contributed by atoms with E-state index in [1.807, 2.05) is 4.90 Å². The molecule has 4 nitrogen and oxygen atoms in total. The minimum atomic E-state index is 0.0881. The first-order valence-corrected chi connectivity index (χ1v) is 6.00. The van der Waals surface area contributed by atoms with Gasteiger partial charge in [0.1, 0.15) is 0 Å². The van der Waals surface area contributed by atoms with Gasteiger partial charge >= 0.3 is 6.03 Å². The maximum Gasteiger partial charge on any atom is 0.317 e. The largest absolute Gasteiger partial charge is 0.376 e. The van der Waals surface area contributed by atoms with E-state index in [0.29, 0.717) is 6.54 Å². The van der Waals surface area contributed by atoms with Gasteiger partial charge in [-0.25, -0.2) is 4.79 Å². The van der Waals surface area contributed by atoms with Crippen molar-refractivity contribution in [2.45, 2.75) is 38.2 Å². The molecule has 0 radical (unpaired) electrons. The maximum absolute atomic E-state index is 11.7. The average Bonchev–Trinajstić information content (AvgIpc) is 2.80. The molecule has 86 valence electrons. The Balaban J connectivity index is 1.66. The molecule has 0 spiro atoms. The van der Waals surface area contributed by atoms with Gasteiger partial charge in [-0.3, -0.25) is 0 Å². The number of nitrogens with zero attached hydrogens (tertiary/aromatic N) is 1. The molecule has 2 amide bonds. The molecule has 2 rings (SSSR count). The summed E-state index contributed by atoms with van der Waals surface area (Å²) in [4.78, 5) is 13.6. The summed E-state index contributed by atoms with van der Waals surface area (Å²) in [6, 6.07) is 0.0881. The summed E-state index contributed by atoms with van der Waals surface area (Å²) in [7, 11) is 0. The molecule has 2 aliphatic rings. The zero-order chi connectivity index (χ0) is 10.5. The SMILES string of the molecule is O=C(NCC1CCCO1)N1CCCCC1. The van der Waals surface area contributed by atoms with Crippen molar-refractivity contribution in [3.05, 3.63) is 0 Å². The number of urea groups is 1. The normalized spacial score (nSPS) is 26.7. The molecule has 2 aliphatic heterocycles. The maximum atomic E-state index is 11.7. The van der Waals surface area contributed by atoms with Crippen LogP contribution >= 0.6 is 0 Å². The Morgan fingerprint density at radius 2 is 2.07 bits per heavy atom. The van der Waals surface area contributed by atoms with Crippen LogP contribution in [0.25, 0.3) is 0 Å². The fraction of sp³-hybridized carbons (Fsp3) is 0.909. The first-order chi connectivity index (χ1) is 7.36. The summed E-state index contributed by atoms with van der Waals surface area (Å²) in [5.41, 5.74) is 0. The highest BCUT2D eigenvalue weighted by Gasteiger charge is 2.19. The molecule has 1 unspecified atom stereocenters.